The lowest BCUT2D eigenvalue weighted by molar-refractivity contribution is 0.475. The van der Waals surface area contributed by atoms with Crippen LogP contribution in [0.3, 0.4) is 0 Å². The molecule has 2 aromatic rings. The van der Waals surface area contributed by atoms with Gasteiger partial charge in [0.05, 0.1) is 5.56 Å². The molecule has 21 heavy (non-hydrogen) atoms. The van der Waals surface area contributed by atoms with Crippen molar-refractivity contribution in [1.29, 1.82) is 15.8 Å². The van der Waals surface area contributed by atoms with Gasteiger partial charge >= 0.3 is 0 Å². The number of benzene rings is 1. The Morgan fingerprint density at radius 2 is 1.76 bits per heavy atom. The second-order valence-electron chi connectivity index (χ2n) is 4.03. The summed E-state index contributed by atoms with van der Waals surface area (Å²) in [5.41, 5.74) is 4.21. The number of nitrogens with two attached hydrogens (primary N) is 1. The van der Waals surface area contributed by atoms with E-state index >= 15 is 0 Å². The maximum atomic E-state index is 11.8. The molecular weight excluding hydrogens is 270 g/mol. The average Bonchev–Trinajstić information content (AvgIpc) is 2.47. The summed E-state index contributed by atoms with van der Waals surface area (Å²) >= 11 is 0. The standard InChI is InChI=1S/C14H7N5O2/c15-4-7-2-1-3-8(12(7)20)11-9(5-16)13(18)19-14(21)10(11)6-17/h1-3,20H,(H3,18,19,21). The summed E-state index contributed by atoms with van der Waals surface area (Å²) in [6, 6.07) is 9.48. The molecule has 7 heteroatoms. The first-order valence-electron chi connectivity index (χ1n) is 5.63. The van der Waals surface area contributed by atoms with E-state index in [9.17, 15) is 15.2 Å². The van der Waals surface area contributed by atoms with Gasteiger partial charge in [0, 0.05) is 11.1 Å². The number of aromatic nitrogens is 1. The zero-order chi connectivity index (χ0) is 15.6. The second-order valence-corrected chi connectivity index (χ2v) is 4.03. The number of rotatable bonds is 1. The molecule has 0 saturated carbocycles. The van der Waals surface area contributed by atoms with Crippen molar-refractivity contribution in [3.8, 4) is 35.1 Å². The van der Waals surface area contributed by atoms with Crippen molar-refractivity contribution in [3.05, 3.63) is 45.2 Å². The Labute approximate surface area is 118 Å². The van der Waals surface area contributed by atoms with Crippen molar-refractivity contribution in [3.63, 3.8) is 0 Å². The van der Waals surface area contributed by atoms with E-state index in [2.05, 4.69) is 4.98 Å². The lowest BCUT2D eigenvalue weighted by Crippen LogP contribution is -2.16. The summed E-state index contributed by atoms with van der Waals surface area (Å²) < 4.78 is 0. The highest BCUT2D eigenvalue weighted by molar-refractivity contribution is 5.84. The predicted octanol–water partition coefficient (Wildman–Crippen LogP) is 0.945. The molecule has 0 radical (unpaired) electrons. The zero-order valence-electron chi connectivity index (χ0n) is 10.5. The molecule has 0 amide bonds. The van der Waals surface area contributed by atoms with Crippen LogP contribution in [0.15, 0.2) is 23.0 Å². The van der Waals surface area contributed by atoms with Gasteiger partial charge < -0.3 is 15.8 Å². The van der Waals surface area contributed by atoms with E-state index in [1.807, 2.05) is 0 Å². The largest absolute Gasteiger partial charge is 0.506 e. The minimum atomic E-state index is -0.772. The molecule has 0 spiro atoms. The topological polar surface area (TPSA) is 150 Å². The first kappa shape index (κ1) is 13.7. The molecule has 0 bridgehead atoms. The van der Waals surface area contributed by atoms with Gasteiger partial charge in [-0.1, -0.05) is 12.1 Å². The van der Waals surface area contributed by atoms with Crippen LogP contribution < -0.4 is 11.3 Å². The van der Waals surface area contributed by atoms with Gasteiger partial charge in [-0.3, -0.25) is 4.79 Å². The minimum Gasteiger partial charge on any atom is -0.506 e. The second kappa shape index (κ2) is 5.08. The number of pyridine rings is 1. The Morgan fingerprint density at radius 1 is 1.10 bits per heavy atom. The predicted molar refractivity (Wildman–Crippen MR) is 72.7 cm³/mol. The van der Waals surface area contributed by atoms with Gasteiger partial charge in [-0.2, -0.15) is 15.8 Å². The fraction of sp³-hybridized carbons (Fsp3) is 0. The van der Waals surface area contributed by atoms with Crippen LogP contribution in [0.4, 0.5) is 5.82 Å². The smallest absolute Gasteiger partial charge is 0.268 e. The Kier molecular flexibility index (Phi) is 3.31. The molecular formula is C14H7N5O2. The number of nitrogens with one attached hydrogen (secondary N) is 1. The summed E-state index contributed by atoms with van der Waals surface area (Å²) in [6.07, 6.45) is 0. The van der Waals surface area contributed by atoms with Crippen LogP contribution in [0.2, 0.25) is 0 Å². The SMILES string of the molecule is N#Cc1cccc(-c2c(C#N)c(N)[nH]c(=O)c2C#N)c1O. The van der Waals surface area contributed by atoms with E-state index in [1.165, 1.54) is 18.2 Å². The van der Waals surface area contributed by atoms with E-state index in [1.54, 1.807) is 18.2 Å². The number of anilines is 1. The number of phenolic OH excluding ortho intramolecular Hbond substituents is 1. The lowest BCUT2D eigenvalue weighted by Gasteiger charge is -2.10. The lowest BCUT2D eigenvalue weighted by atomic mass is 9.94. The van der Waals surface area contributed by atoms with Crippen molar-refractivity contribution in [2.45, 2.75) is 0 Å². The molecule has 2 rings (SSSR count). The average molecular weight is 277 g/mol. The number of nitriles is 3. The Hall–Kier alpha value is -3.76. The van der Waals surface area contributed by atoms with E-state index in [0.29, 0.717) is 0 Å². The fourth-order valence-electron chi connectivity index (χ4n) is 1.95. The first-order chi connectivity index (χ1) is 10.0. The van der Waals surface area contributed by atoms with Gasteiger partial charge in [0.1, 0.15) is 40.9 Å². The van der Waals surface area contributed by atoms with Gasteiger partial charge in [0.2, 0.25) is 0 Å². The van der Waals surface area contributed by atoms with Crippen molar-refractivity contribution >= 4 is 5.82 Å². The first-order valence-corrected chi connectivity index (χ1v) is 5.63. The number of hydrogen-bond donors (Lipinski definition) is 3. The maximum absolute atomic E-state index is 11.8. The fourth-order valence-corrected chi connectivity index (χ4v) is 1.95. The molecule has 1 aromatic carbocycles. The van der Waals surface area contributed by atoms with Crippen molar-refractivity contribution in [1.82, 2.24) is 4.98 Å². The normalized spacial score (nSPS) is 9.38. The number of H-pyrrole nitrogens is 1. The highest BCUT2D eigenvalue weighted by atomic mass is 16.3. The Morgan fingerprint density at radius 3 is 2.33 bits per heavy atom. The van der Waals surface area contributed by atoms with Gasteiger partial charge in [-0.15, -0.1) is 0 Å². The number of para-hydroxylation sites is 1. The van der Waals surface area contributed by atoms with Gasteiger partial charge in [-0.05, 0) is 6.07 Å². The Bertz CT molecular complexity index is 923. The molecule has 0 atom stereocenters. The maximum Gasteiger partial charge on any atom is 0.268 e. The molecule has 0 aliphatic rings. The Balaban J connectivity index is 3.02. The van der Waals surface area contributed by atoms with Crippen LogP contribution in [0.1, 0.15) is 16.7 Å². The molecule has 1 aromatic heterocycles. The van der Waals surface area contributed by atoms with E-state index in [-0.39, 0.29) is 33.6 Å². The molecule has 0 saturated heterocycles. The molecule has 0 aliphatic heterocycles. The molecule has 0 unspecified atom stereocenters. The zero-order valence-corrected chi connectivity index (χ0v) is 10.5. The summed E-state index contributed by atoms with van der Waals surface area (Å²) in [4.78, 5) is 14.0. The molecule has 7 nitrogen and oxygen atoms in total. The third-order valence-corrected chi connectivity index (χ3v) is 2.89. The van der Waals surface area contributed by atoms with Crippen LogP contribution in [0.25, 0.3) is 11.1 Å². The summed E-state index contributed by atoms with van der Waals surface area (Å²) in [5.74, 6) is -0.628. The number of nitrogens with zero attached hydrogens (tertiary/aromatic N) is 3. The third-order valence-electron chi connectivity index (χ3n) is 2.89. The molecule has 0 fully saturated rings. The van der Waals surface area contributed by atoms with Gasteiger partial charge in [0.25, 0.3) is 5.56 Å². The number of nitrogen functional groups attached to an aromatic ring is 1. The number of hydrogen-bond acceptors (Lipinski definition) is 6. The molecule has 0 aliphatic carbocycles. The van der Waals surface area contributed by atoms with E-state index in [0.717, 1.165) is 0 Å². The van der Waals surface area contributed by atoms with Crippen molar-refractivity contribution < 1.29 is 5.11 Å². The molecule has 1 heterocycles. The number of aromatic amines is 1. The summed E-state index contributed by atoms with van der Waals surface area (Å²) in [7, 11) is 0. The third kappa shape index (κ3) is 2.03. The molecule has 4 N–H and O–H groups in total. The molecule has 100 valence electrons. The van der Waals surface area contributed by atoms with Crippen LogP contribution >= 0.6 is 0 Å². The number of phenols is 1. The van der Waals surface area contributed by atoms with E-state index in [4.69, 9.17) is 16.3 Å². The monoisotopic (exact) mass is 277 g/mol. The number of aromatic hydroxyl groups is 1. The summed E-state index contributed by atoms with van der Waals surface area (Å²) in [6.45, 7) is 0. The van der Waals surface area contributed by atoms with Gasteiger partial charge in [-0.25, -0.2) is 0 Å². The summed E-state index contributed by atoms with van der Waals surface area (Å²) in [5, 5.41) is 37.3. The van der Waals surface area contributed by atoms with Crippen LogP contribution in [0.5, 0.6) is 5.75 Å². The van der Waals surface area contributed by atoms with Crippen molar-refractivity contribution in [2.75, 3.05) is 5.73 Å². The van der Waals surface area contributed by atoms with Crippen LogP contribution in [-0.4, -0.2) is 10.1 Å². The minimum absolute atomic E-state index is 0.0277. The van der Waals surface area contributed by atoms with Gasteiger partial charge in [0.15, 0.2) is 0 Å². The van der Waals surface area contributed by atoms with Crippen LogP contribution in [0, 0.1) is 34.0 Å². The van der Waals surface area contributed by atoms with Crippen LogP contribution in [-0.2, 0) is 0 Å². The van der Waals surface area contributed by atoms with Crippen molar-refractivity contribution in [2.24, 2.45) is 0 Å². The quantitative estimate of drug-likeness (QED) is 0.705. The highest BCUT2D eigenvalue weighted by Gasteiger charge is 2.21. The highest BCUT2D eigenvalue weighted by Crippen LogP contribution is 2.36. The van der Waals surface area contributed by atoms with E-state index < -0.39 is 11.3 Å².